The number of nitroso groups, excluding NO2 is 1. The van der Waals surface area contributed by atoms with Crippen LogP contribution in [0, 0.1) is 4.91 Å². The Morgan fingerprint density at radius 1 is 1.12 bits per heavy atom. The van der Waals surface area contributed by atoms with Gasteiger partial charge in [0.1, 0.15) is 11.5 Å². The predicted octanol–water partition coefficient (Wildman–Crippen LogP) is 4.72. The Kier molecular flexibility index (Phi) is 7.74. The summed E-state index contributed by atoms with van der Waals surface area (Å²) in [4.78, 5) is 32.9. The smallest absolute Gasteiger partial charge is 0.161 e. The lowest BCUT2D eigenvalue weighted by Gasteiger charge is -2.14. The molecule has 0 saturated carbocycles. The van der Waals surface area contributed by atoms with Crippen LogP contribution in [0.4, 0.5) is 17.2 Å². The van der Waals surface area contributed by atoms with Gasteiger partial charge in [-0.15, -0.1) is 4.91 Å². The van der Waals surface area contributed by atoms with Crippen LogP contribution in [0.1, 0.15) is 45.0 Å². The zero-order chi connectivity index (χ0) is 23.8. The van der Waals surface area contributed by atoms with Crippen LogP contribution in [0.2, 0.25) is 0 Å². The fourth-order valence-corrected chi connectivity index (χ4v) is 3.21. The lowest BCUT2D eigenvalue weighted by atomic mass is 9.97. The average Bonchev–Trinajstić information content (AvgIpc) is 2.79. The van der Waals surface area contributed by atoms with Crippen molar-refractivity contribution in [2.75, 3.05) is 10.7 Å². The highest BCUT2D eigenvalue weighted by atomic mass is 16.3. The lowest BCUT2D eigenvalue weighted by molar-refractivity contribution is 0.866. The molecular formula is C23H27N9O. The van der Waals surface area contributed by atoms with Gasteiger partial charge in [-0.1, -0.05) is 38.1 Å². The molecule has 33 heavy (non-hydrogen) atoms. The van der Waals surface area contributed by atoms with Crippen LogP contribution < -0.4 is 16.5 Å². The largest absolute Gasteiger partial charge is 0.402 e. The fourth-order valence-electron chi connectivity index (χ4n) is 3.21. The Bertz CT molecular complexity index is 1170. The second-order valence-corrected chi connectivity index (χ2v) is 7.75. The van der Waals surface area contributed by atoms with E-state index in [0.29, 0.717) is 40.5 Å². The van der Waals surface area contributed by atoms with E-state index in [2.05, 4.69) is 60.9 Å². The van der Waals surface area contributed by atoms with E-state index >= 15 is 0 Å². The average molecular weight is 446 g/mol. The van der Waals surface area contributed by atoms with E-state index in [4.69, 9.17) is 5.73 Å². The second kappa shape index (κ2) is 10.9. The van der Waals surface area contributed by atoms with Crippen molar-refractivity contribution < 1.29 is 0 Å². The van der Waals surface area contributed by atoms with E-state index in [0.717, 1.165) is 16.8 Å². The molecule has 2 heterocycles. The van der Waals surface area contributed by atoms with Crippen molar-refractivity contribution in [1.29, 1.82) is 0 Å². The number of aliphatic imine (C=N–C) groups is 1. The maximum atomic E-state index is 10.8. The van der Waals surface area contributed by atoms with Crippen LogP contribution in [-0.4, -0.2) is 25.6 Å². The van der Waals surface area contributed by atoms with Gasteiger partial charge in [0.05, 0.1) is 36.1 Å². The number of allylic oxidation sites excluding steroid dienone is 2. The van der Waals surface area contributed by atoms with E-state index < -0.39 is 0 Å². The van der Waals surface area contributed by atoms with Gasteiger partial charge in [-0.3, -0.25) is 4.99 Å². The number of hydrogen-bond acceptors (Lipinski definition) is 9. The number of rotatable bonds is 9. The first-order valence-electron chi connectivity index (χ1n) is 10.5. The number of benzene rings is 1. The van der Waals surface area contributed by atoms with Gasteiger partial charge in [-0.25, -0.2) is 25.4 Å². The minimum Gasteiger partial charge on any atom is -0.402 e. The third kappa shape index (κ3) is 6.39. The summed E-state index contributed by atoms with van der Waals surface area (Å²) >= 11 is 0. The molecule has 0 bridgehead atoms. The van der Waals surface area contributed by atoms with Crippen molar-refractivity contribution >= 4 is 22.9 Å². The molecule has 0 radical (unpaired) electrons. The zero-order valence-electron chi connectivity index (χ0n) is 19.1. The maximum absolute atomic E-state index is 10.8. The molecule has 170 valence electrons. The van der Waals surface area contributed by atoms with Crippen LogP contribution in [0.3, 0.4) is 0 Å². The minimum atomic E-state index is 0.278. The topological polar surface area (TPSA) is 143 Å². The monoisotopic (exact) mass is 445 g/mol. The Morgan fingerprint density at radius 3 is 2.52 bits per heavy atom. The van der Waals surface area contributed by atoms with Gasteiger partial charge < -0.3 is 11.1 Å². The van der Waals surface area contributed by atoms with Crippen LogP contribution in [0.5, 0.6) is 0 Å². The number of aromatic nitrogens is 4. The summed E-state index contributed by atoms with van der Waals surface area (Å²) in [6.07, 6.45) is 6.56. The molecule has 0 aliphatic rings. The molecule has 3 rings (SSSR count). The molecule has 2 aromatic heterocycles. The molecule has 0 fully saturated rings. The highest BCUT2D eigenvalue weighted by molar-refractivity contribution is 5.94. The Hall–Kier alpha value is -4.21. The van der Waals surface area contributed by atoms with Crippen LogP contribution in [-0.2, 0) is 6.54 Å². The summed E-state index contributed by atoms with van der Waals surface area (Å²) in [6.45, 7) is 8.16. The van der Waals surface area contributed by atoms with Crippen LogP contribution >= 0.6 is 0 Å². The van der Waals surface area contributed by atoms with Crippen molar-refractivity contribution in [1.82, 2.24) is 19.9 Å². The SMILES string of the molecule is CC(N)=CC(C)=Nc1cnc(CNc2nc(-c3ccccc3C(C)C)ncc2NN=O)nc1. The van der Waals surface area contributed by atoms with Crippen molar-refractivity contribution in [3.8, 4) is 11.4 Å². The Balaban J connectivity index is 1.82. The summed E-state index contributed by atoms with van der Waals surface area (Å²) in [5.41, 5.74) is 12.5. The third-order valence-electron chi connectivity index (χ3n) is 4.63. The second-order valence-electron chi connectivity index (χ2n) is 7.75. The Labute approximate surface area is 192 Å². The molecule has 10 heteroatoms. The molecule has 0 unspecified atom stereocenters. The molecule has 0 aliphatic heterocycles. The summed E-state index contributed by atoms with van der Waals surface area (Å²) in [5.74, 6) is 1.80. The van der Waals surface area contributed by atoms with E-state index in [-0.39, 0.29) is 6.54 Å². The summed E-state index contributed by atoms with van der Waals surface area (Å²) in [6, 6.07) is 7.97. The number of nitrogens with one attached hydrogen (secondary N) is 2. The van der Waals surface area contributed by atoms with Gasteiger partial charge in [-0.2, -0.15) is 0 Å². The van der Waals surface area contributed by atoms with E-state index in [1.807, 2.05) is 25.1 Å². The number of anilines is 2. The standard InChI is InChI=1S/C23H27N9O/c1-14(2)18-7-5-6-8-19(18)22-27-12-20(31-32-33)23(30-22)28-13-21-25-10-17(11-26-21)29-16(4)9-15(3)24/h5-12,14H,13,24H2,1-4H3,(H,31,33)(H,27,28,30). The van der Waals surface area contributed by atoms with E-state index in [1.54, 1.807) is 25.4 Å². The van der Waals surface area contributed by atoms with Crippen LogP contribution in [0.25, 0.3) is 11.4 Å². The van der Waals surface area contributed by atoms with Gasteiger partial charge in [-0.05, 0) is 31.4 Å². The van der Waals surface area contributed by atoms with Gasteiger partial charge in [0.15, 0.2) is 11.6 Å². The number of hydrogen-bond donors (Lipinski definition) is 3. The third-order valence-corrected chi connectivity index (χ3v) is 4.63. The van der Waals surface area contributed by atoms with Crippen LogP contribution in [0.15, 0.2) is 64.9 Å². The fraction of sp³-hybridized carbons (Fsp3) is 0.261. The van der Waals surface area contributed by atoms with Gasteiger partial charge in [0.25, 0.3) is 0 Å². The molecule has 0 amide bonds. The molecule has 3 aromatic rings. The number of nitrogens with zero attached hydrogens (tertiary/aromatic N) is 6. The van der Waals surface area contributed by atoms with Crippen molar-refractivity contribution in [2.24, 2.45) is 16.0 Å². The molecule has 0 saturated heterocycles. The molecular weight excluding hydrogens is 418 g/mol. The quantitative estimate of drug-likeness (QED) is 0.244. The van der Waals surface area contributed by atoms with Crippen molar-refractivity contribution in [3.05, 3.63) is 70.9 Å². The summed E-state index contributed by atoms with van der Waals surface area (Å²) in [7, 11) is 0. The summed E-state index contributed by atoms with van der Waals surface area (Å²) in [5, 5.41) is 5.91. The molecule has 0 aliphatic carbocycles. The van der Waals surface area contributed by atoms with Gasteiger partial charge >= 0.3 is 0 Å². The van der Waals surface area contributed by atoms with E-state index in [9.17, 15) is 4.91 Å². The highest BCUT2D eigenvalue weighted by Crippen LogP contribution is 2.29. The zero-order valence-corrected chi connectivity index (χ0v) is 19.1. The van der Waals surface area contributed by atoms with Gasteiger partial charge in [0.2, 0.25) is 0 Å². The molecule has 10 nitrogen and oxygen atoms in total. The first-order chi connectivity index (χ1) is 15.9. The number of nitrogens with two attached hydrogens (primary N) is 1. The first-order valence-corrected chi connectivity index (χ1v) is 10.5. The normalized spacial score (nSPS) is 12.0. The van der Waals surface area contributed by atoms with Gasteiger partial charge in [0, 0.05) is 17.0 Å². The first kappa shape index (κ1) is 23.5. The lowest BCUT2D eigenvalue weighted by Crippen LogP contribution is -2.09. The van der Waals surface area contributed by atoms with Crippen molar-refractivity contribution in [2.45, 2.75) is 40.2 Å². The predicted molar refractivity (Wildman–Crippen MR) is 131 cm³/mol. The molecule has 0 atom stereocenters. The van der Waals surface area contributed by atoms with E-state index in [1.165, 1.54) is 6.20 Å². The minimum absolute atomic E-state index is 0.278. The molecule has 4 N–H and O–H groups in total. The maximum Gasteiger partial charge on any atom is 0.161 e. The van der Waals surface area contributed by atoms with Crippen molar-refractivity contribution in [3.63, 3.8) is 0 Å². The Morgan fingerprint density at radius 2 is 1.85 bits per heavy atom. The summed E-state index contributed by atoms with van der Waals surface area (Å²) < 4.78 is 0. The molecule has 1 aromatic carbocycles. The highest BCUT2D eigenvalue weighted by Gasteiger charge is 2.14. The molecule has 0 spiro atoms.